The van der Waals surface area contributed by atoms with E-state index in [0.29, 0.717) is 23.2 Å². The zero-order chi connectivity index (χ0) is 14.1. The van der Waals surface area contributed by atoms with Crippen LogP contribution in [0.4, 0.5) is 5.69 Å². The largest absolute Gasteiger partial charge is 0.381 e. The molecule has 1 aromatic carbocycles. The van der Waals surface area contributed by atoms with Gasteiger partial charge in [0.05, 0.1) is 11.1 Å². The van der Waals surface area contributed by atoms with Gasteiger partial charge in [-0.1, -0.05) is 0 Å². The van der Waals surface area contributed by atoms with Gasteiger partial charge in [0.1, 0.15) is 12.1 Å². The number of nitrogens with zero attached hydrogens (tertiary/aromatic N) is 3. The quantitative estimate of drug-likeness (QED) is 0.913. The van der Waals surface area contributed by atoms with Crippen LogP contribution >= 0.6 is 0 Å². The van der Waals surface area contributed by atoms with Gasteiger partial charge in [0.2, 0.25) is 0 Å². The lowest BCUT2D eigenvalue weighted by Crippen LogP contribution is -2.31. The molecule has 1 aliphatic heterocycles. The number of hydrogen-bond donors (Lipinski definition) is 1. The Morgan fingerprint density at radius 2 is 1.95 bits per heavy atom. The summed E-state index contributed by atoms with van der Waals surface area (Å²) in [4.78, 5) is 2.59. The van der Waals surface area contributed by atoms with Crippen LogP contribution in [0.5, 0.6) is 0 Å². The number of nitrogens with one attached hydrogen (secondary N) is 1. The van der Waals surface area contributed by atoms with Crippen molar-refractivity contribution in [2.24, 2.45) is 0 Å². The minimum absolute atomic E-state index is 0.435. The molecule has 4 nitrogen and oxygen atoms in total. The van der Waals surface area contributed by atoms with Gasteiger partial charge in [-0.25, -0.2) is 0 Å². The lowest BCUT2D eigenvalue weighted by Gasteiger charge is -2.20. The number of nitriles is 2. The van der Waals surface area contributed by atoms with Crippen LogP contribution in [-0.4, -0.2) is 29.6 Å². The predicted octanol–water partition coefficient (Wildman–Crippen LogP) is 2.47. The van der Waals surface area contributed by atoms with E-state index in [1.807, 2.05) is 12.1 Å². The fourth-order valence-corrected chi connectivity index (χ4v) is 3.14. The van der Waals surface area contributed by atoms with Gasteiger partial charge >= 0.3 is 0 Å². The van der Waals surface area contributed by atoms with Crippen LogP contribution < -0.4 is 5.32 Å². The van der Waals surface area contributed by atoms with E-state index in [0.717, 1.165) is 24.7 Å². The highest BCUT2D eigenvalue weighted by Crippen LogP contribution is 2.34. The van der Waals surface area contributed by atoms with Crippen LogP contribution in [0, 0.1) is 22.7 Å². The Labute approximate surface area is 119 Å². The molecule has 1 aromatic rings. The zero-order valence-electron chi connectivity index (χ0n) is 11.6. The van der Waals surface area contributed by atoms with Crippen molar-refractivity contribution in [1.82, 2.24) is 4.90 Å². The maximum atomic E-state index is 9.06. The van der Waals surface area contributed by atoms with E-state index in [-0.39, 0.29) is 0 Å². The van der Waals surface area contributed by atoms with Crippen molar-refractivity contribution in [2.75, 3.05) is 11.9 Å². The molecule has 1 saturated carbocycles. The molecule has 0 radical (unpaired) electrons. The van der Waals surface area contributed by atoms with Crippen LogP contribution in [0.25, 0.3) is 0 Å². The van der Waals surface area contributed by atoms with Gasteiger partial charge in [0.25, 0.3) is 0 Å². The normalized spacial score (nSPS) is 25.9. The Morgan fingerprint density at radius 3 is 2.60 bits per heavy atom. The third-order valence-corrected chi connectivity index (χ3v) is 4.27. The Bertz CT molecular complexity index is 591. The second-order valence-corrected chi connectivity index (χ2v) is 5.84. The zero-order valence-corrected chi connectivity index (χ0v) is 11.6. The summed E-state index contributed by atoms with van der Waals surface area (Å²) in [6.45, 7) is 3.37. The van der Waals surface area contributed by atoms with Crippen LogP contribution in [0.15, 0.2) is 18.2 Å². The number of hydrogen-bond acceptors (Lipinski definition) is 4. The molecule has 0 aromatic heterocycles. The summed E-state index contributed by atoms with van der Waals surface area (Å²) in [5.74, 6) is 0. The molecule has 0 spiro atoms. The minimum atomic E-state index is 0.435. The van der Waals surface area contributed by atoms with Crippen LogP contribution in [0.2, 0.25) is 0 Å². The summed E-state index contributed by atoms with van der Waals surface area (Å²) >= 11 is 0. The smallest absolute Gasteiger partial charge is 0.101 e. The molecule has 1 heterocycles. The molecule has 1 aliphatic carbocycles. The molecule has 2 fully saturated rings. The van der Waals surface area contributed by atoms with Crippen molar-refractivity contribution in [3.63, 3.8) is 0 Å². The van der Waals surface area contributed by atoms with Crippen LogP contribution in [0.1, 0.15) is 37.3 Å². The third kappa shape index (κ3) is 2.48. The minimum Gasteiger partial charge on any atom is -0.381 e. The molecular weight excluding hydrogens is 248 g/mol. The second-order valence-electron chi connectivity index (χ2n) is 5.84. The highest BCUT2D eigenvalue weighted by molar-refractivity contribution is 5.56. The Morgan fingerprint density at radius 1 is 1.20 bits per heavy atom. The van der Waals surface area contributed by atoms with Gasteiger partial charge in [-0.15, -0.1) is 0 Å². The maximum absolute atomic E-state index is 9.06. The van der Waals surface area contributed by atoms with Crippen LogP contribution in [-0.2, 0) is 0 Å². The lowest BCUT2D eigenvalue weighted by molar-refractivity contribution is 0.257. The first-order chi connectivity index (χ1) is 9.71. The summed E-state index contributed by atoms with van der Waals surface area (Å²) in [5, 5.41) is 21.5. The monoisotopic (exact) mass is 266 g/mol. The van der Waals surface area contributed by atoms with E-state index in [2.05, 4.69) is 23.2 Å². The summed E-state index contributed by atoms with van der Waals surface area (Å²) in [5.41, 5.74) is 1.83. The van der Waals surface area contributed by atoms with Gasteiger partial charge in [-0.2, -0.15) is 10.5 Å². The molecule has 0 amide bonds. The molecule has 1 saturated heterocycles. The Kier molecular flexibility index (Phi) is 3.34. The van der Waals surface area contributed by atoms with Gasteiger partial charge in [0.15, 0.2) is 0 Å². The van der Waals surface area contributed by atoms with E-state index >= 15 is 0 Å². The molecule has 2 atom stereocenters. The topological polar surface area (TPSA) is 62.9 Å². The SMILES string of the molecule is CC1CC(Nc2ccc(C#N)c(C#N)c2)CN1C1CC1. The number of anilines is 1. The first kappa shape index (κ1) is 13.0. The summed E-state index contributed by atoms with van der Waals surface area (Å²) in [6, 6.07) is 11.4. The summed E-state index contributed by atoms with van der Waals surface area (Å²) in [7, 11) is 0. The maximum Gasteiger partial charge on any atom is 0.101 e. The van der Waals surface area contributed by atoms with E-state index in [1.54, 1.807) is 12.1 Å². The van der Waals surface area contributed by atoms with Gasteiger partial charge in [0, 0.05) is 30.4 Å². The molecule has 3 rings (SSSR count). The van der Waals surface area contributed by atoms with Crippen molar-refractivity contribution in [3.8, 4) is 12.1 Å². The second kappa shape index (κ2) is 5.15. The third-order valence-electron chi connectivity index (χ3n) is 4.27. The average molecular weight is 266 g/mol. The van der Waals surface area contributed by atoms with E-state index in [4.69, 9.17) is 10.5 Å². The summed E-state index contributed by atoms with van der Waals surface area (Å²) in [6.07, 6.45) is 3.82. The fourth-order valence-electron chi connectivity index (χ4n) is 3.14. The number of benzene rings is 1. The molecule has 0 bridgehead atoms. The van der Waals surface area contributed by atoms with Gasteiger partial charge < -0.3 is 5.32 Å². The lowest BCUT2D eigenvalue weighted by atomic mass is 10.1. The fraction of sp³-hybridized carbons (Fsp3) is 0.500. The van der Waals surface area contributed by atoms with Gasteiger partial charge in [-0.3, -0.25) is 4.90 Å². The number of rotatable bonds is 3. The molecular formula is C16H18N4. The van der Waals surface area contributed by atoms with E-state index in [9.17, 15) is 0 Å². The number of likely N-dealkylation sites (tertiary alicyclic amines) is 1. The molecule has 20 heavy (non-hydrogen) atoms. The first-order valence-electron chi connectivity index (χ1n) is 7.18. The first-order valence-corrected chi connectivity index (χ1v) is 7.18. The molecule has 102 valence electrons. The van der Waals surface area contributed by atoms with Crippen LogP contribution in [0.3, 0.4) is 0 Å². The van der Waals surface area contributed by atoms with E-state index < -0.39 is 0 Å². The average Bonchev–Trinajstić information content (AvgIpc) is 3.23. The Balaban J connectivity index is 1.70. The molecule has 2 unspecified atom stereocenters. The van der Waals surface area contributed by atoms with Crippen molar-refractivity contribution in [1.29, 1.82) is 10.5 Å². The van der Waals surface area contributed by atoms with Gasteiger partial charge in [-0.05, 0) is 44.4 Å². The predicted molar refractivity (Wildman–Crippen MR) is 77.1 cm³/mol. The Hall–Kier alpha value is -2.04. The van der Waals surface area contributed by atoms with Crippen molar-refractivity contribution in [2.45, 2.75) is 44.3 Å². The molecule has 2 aliphatic rings. The van der Waals surface area contributed by atoms with E-state index in [1.165, 1.54) is 12.8 Å². The highest BCUT2D eigenvalue weighted by Gasteiger charge is 2.38. The standard InChI is InChI=1S/C16H18N4/c1-11-6-15(10-20(11)16-4-5-16)19-14-3-2-12(8-17)13(7-14)9-18/h2-3,7,11,15-16,19H,4-6,10H2,1H3. The van der Waals surface area contributed by atoms with Crippen molar-refractivity contribution < 1.29 is 0 Å². The van der Waals surface area contributed by atoms with Crippen molar-refractivity contribution >= 4 is 5.69 Å². The van der Waals surface area contributed by atoms with Crippen molar-refractivity contribution in [3.05, 3.63) is 29.3 Å². The molecule has 4 heteroatoms. The highest BCUT2D eigenvalue weighted by atomic mass is 15.3. The molecule has 1 N–H and O–H groups in total. The summed E-state index contributed by atoms with van der Waals surface area (Å²) < 4.78 is 0.